The predicted octanol–water partition coefficient (Wildman–Crippen LogP) is 7.70. The molecule has 0 unspecified atom stereocenters. The van der Waals surface area contributed by atoms with Crippen LogP contribution in [-0.4, -0.2) is 6.18 Å². The zero-order valence-corrected chi connectivity index (χ0v) is 15.5. The molecule has 0 aromatic heterocycles. The average Bonchev–Trinajstić information content (AvgIpc) is 2.33. The Labute approximate surface area is 147 Å². The zero-order valence-electron chi connectivity index (χ0n) is 14.0. The van der Waals surface area contributed by atoms with Gasteiger partial charge in [-0.2, -0.15) is 13.2 Å². The minimum Gasteiger partial charge on any atom is -0.166 e. The first kappa shape index (κ1) is 24.1. The molecule has 130 valence electrons. The van der Waals surface area contributed by atoms with E-state index < -0.39 is 11.7 Å². The molecular formula is C18H23Cl2F3. The molecule has 0 aromatic rings. The van der Waals surface area contributed by atoms with Gasteiger partial charge in [0, 0.05) is 0 Å². The van der Waals surface area contributed by atoms with Gasteiger partial charge in [0.25, 0.3) is 0 Å². The molecule has 0 radical (unpaired) electrons. The number of halogens is 5. The quantitative estimate of drug-likeness (QED) is 0.437. The molecule has 0 N–H and O–H groups in total. The van der Waals surface area contributed by atoms with Gasteiger partial charge in [0.2, 0.25) is 0 Å². The first-order valence-electron chi connectivity index (χ1n) is 6.71. The maximum absolute atomic E-state index is 12.4. The monoisotopic (exact) mass is 366 g/mol. The fraction of sp³-hybridized carbons (Fsp3) is 0.333. The van der Waals surface area contributed by atoms with Crippen LogP contribution >= 0.6 is 23.2 Å². The van der Waals surface area contributed by atoms with Crippen molar-refractivity contribution in [3.63, 3.8) is 0 Å². The summed E-state index contributed by atoms with van der Waals surface area (Å²) in [6, 6.07) is 0. The van der Waals surface area contributed by atoms with Crippen molar-refractivity contribution in [2.45, 2.75) is 33.9 Å². The Balaban J connectivity index is 0. The van der Waals surface area contributed by atoms with E-state index in [9.17, 15) is 13.2 Å². The van der Waals surface area contributed by atoms with Crippen LogP contribution in [0.3, 0.4) is 0 Å². The predicted molar refractivity (Wildman–Crippen MR) is 96.7 cm³/mol. The summed E-state index contributed by atoms with van der Waals surface area (Å²) >= 11 is 11.0. The molecule has 0 aliphatic rings. The zero-order chi connectivity index (χ0) is 19.0. The minimum atomic E-state index is -4.34. The molecule has 0 saturated carbocycles. The Hall–Kier alpha value is -1.19. The van der Waals surface area contributed by atoms with E-state index in [4.69, 9.17) is 23.2 Å². The topological polar surface area (TPSA) is 0 Å². The van der Waals surface area contributed by atoms with Crippen molar-refractivity contribution in [3.8, 4) is 0 Å². The summed E-state index contributed by atoms with van der Waals surface area (Å²) in [4.78, 5) is 0. The van der Waals surface area contributed by atoms with Gasteiger partial charge in [0.15, 0.2) is 0 Å². The van der Waals surface area contributed by atoms with Crippen LogP contribution in [0, 0.1) is 5.92 Å². The van der Waals surface area contributed by atoms with Gasteiger partial charge in [-0.3, -0.25) is 0 Å². The largest absolute Gasteiger partial charge is 0.416 e. The molecule has 0 heterocycles. The molecule has 5 heteroatoms. The molecule has 0 atom stereocenters. The molecule has 0 saturated heterocycles. The van der Waals surface area contributed by atoms with Crippen LogP contribution in [-0.2, 0) is 0 Å². The van der Waals surface area contributed by atoms with Gasteiger partial charge in [-0.1, -0.05) is 74.5 Å². The van der Waals surface area contributed by atoms with Crippen molar-refractivity contribution < 1.29 is 13.2 Å². The summed E-state index contributed by atoms with van der Waals surface area (Å²) in [5.41, 5.74) is 0.637. The highest BCUT2D eigenvalue weighted by Crippen LogP contribution is 2.31. The molecule has 23 heavy (non-hydrogen) atoms. The maximum Gasteiger partial charge on any atom is 0.416 e. The SMILES string of the molecule is C=C(C)/C(=C\C(=C)C(C)C)C(F)(F)F.C=C(C)/C=C(/Cl)C(=C)Cl. The van der Waals surface area contributed by atoms with Crippen molar-refractivity contribution in [2.75, 3.05) is 0 Å². The standard InChI is InChI=1S/C11H15F3.C7H8Cl2/c1-7(2)9(5)6-10(8(3)4)11(12,13)14;1-5(2)4-7(9)6(3)8/h6-7H,3,5H2,1-2,4H3;4H,1,3H2,2H3/b10-6+;7-4+. The average molecular weight is 367 g/mol. The van der Waals surface area contributed by atoms with E-state index in [0.29, 0.717) is 15.6 Å². The Bertz CT molecular complexity index is 533. The molecule has 0 fully saturated rings. The van der Waals surface area contributed by atoms with Crippen molar-refractivity contribution in [1.82, 2.24) is 0 Å². The van der Waals surface area contributed by atoms with Crippen LogP contribution < -0.4 is 0 Å². The van der Waals surface area contributed by atoms with Crippen LogP contribution in [0.5, 0.6) is 0 Å². The first-order valence-corrected chi connectivity index (χ1v) is 7.46. The number of rotatable bonds is 5. The second kappa shape index (κ2) is 10.6. The summed E-state index contributed by atoms with van der Waals surface area (Å²) in [7, 11) is 0. The second-order valence-corrected chi connectivity index (χ2v) is 6.17. The lowest BCUT2D eigenvalue weighted by atomic mass is 9.99. The van der Waals surface area contributed by atoms with Crippen LogP contribution in [0.1, 0.15) is 27.7 Å². The lowest BCUT2D eigenvalue weighted by molar-refractivity contribution is -0.0893. The summed E-state index contributed by atoms with van der Waals surface area (Å²) < 4.78 is 37.3. The molecule has 0 aromatic carbocycles. The van der Waals surface area contributed by atoms with Crippen LogP contribution in [0.15, 0.2) is 70.8 Å². The van der Waals surface area contributed by atoms with Gasteiger partial charge in [-0.15, -0.1) is 0 Å². The molecule has 0 nitrogen and oxygen atoms in total. The van der Waals surface area contributed by atoms with Crippen LogP contribution in [0.25, 0.3) is 0 Å². The molecule has 0 spiro atoms. The number of hydrogen-bond donors (Lipinski definition) is 0. The highest BCUT2D eigenvalue weighted by molar-refractivity contribution is 6.43. The fourth-order valence-corrected chi connectivity index (χ4v) is 1.33. The molecule has 0 bridgehead atoms. The lowest BCUT2D eigenvalue weighted by Gasteiger charge is -2.13. The van der Waals surface area contributed by atoms with Gasteiger partial charge < -0.3 is 0 Å². The van der Waals surface area contributed by atoms with Crippen LogP contribution in [0.2, 0.25) is 0 Å². The second-order valence-electron chi connectivity index (χ2n) is 5.31. The fourth-order valence-electron chi connectivity index (χ4n) is 1.09. The Morgan fingerprint density at radius 1 is 0.957 bits per heavy atom. The van der Waals surface area contributed by atoms with E-state index >= 15 is 0 Å². The molecule has 0 amide bonds. The smallest absolute Gasteiger partial charge is 0.166 e. The summed E-state index contributed by atoms with van der Waals surface area (Å²) in [6.07, 6.45) is -1.62. The number of alkyl halides is 3. The van der Waals surface area contributed by atoms with E-state index in [1.807, 2.05) is 6.92 Å². The third kappa shape index (κ3) is 12.0. The highest BCUT2D eigenvalue weighted by atomic mass is 35.5. The third-order valence-corrected chi connectivity index (χ3v) is 3.11. The van der Waals surface area contributed by atoms with Crippen LogP contribution in [0.4, 0.5) is 13.2 Å². The summed E-state index contributed by atoms with van der Waals surface area (Å²) in [5, 5.41) is 0.795. The van der Waals surface area contributed by atoms with Crippen molar-refractivity contribution in [1.29, 1.82) is 0 Å². The highest BCUT2D eigenvalue weighted by Gasteiger charge is 2.33. The molecule has 0 aliphatic carbocycles. The molecule has 0 aliphatic heterocycles. The van der Waals surface area contributed by atoms with Crippen molar-refractivity contribution in [3.05, 3.63) is 70.8 Å². The van der Waals surface area contributed by atoms with E-state index in [0.717, 1.165) is 11.6 Å². The van der Waals surface area contributed by atoms with Crippen molar-refractivity contribution >= 4 is 23.2 Å². The number of hydrogen-bond acceptors (Lipinski definition) is 0. The van der Waals surface area contributed by atoms with Gasteiger partial charge in [0.1, 0.15) is 0 Å². The van der Waals surface area contributed by atoms with Gasteiger partial charge >= 0.3 is 6.18 Å². The van der Waals surface area contributed by atoms with Gasteiger partial charge in [0.05, 0.1) is 15.6 Å². The lowest BCUT2D eigenvalue weighted by Crippen LogP contribution is -2.13. The molecular weight excluding hydrogens is 344 g/mol. The Kier molecular flexibility index (Phi) is 11.0. The Morgan fingerprint density at radius 3 is 1.57 bits per heavy atom. The summed E-state index contributed by atoms with van der Waals surface area (Å²) in [6.45, 7) is 20.7. The summed E-state index contributed by atoms with van der Waals surface area (Å²) in [5.74, 6) is 0.00620. The minimum absolute atomic E-state index is 0.00620. The molecule has 0 rings (SSSR count). The van der Waals surface area contributed by atoms with E-state index in [1.165, 1.54) is 6.92 Å². The van der Waals surface area contributed by atoms with E-state index in [-0.39, 0.29) is 11.5 Å². The first-order chi connectivity index (χ1) is 10.2. The van der Waals surface area contributed by atoms with Gasteiger partial charge in [-0.05, 0) is 37.5 Å². The van der Waals surface area contributed by atoms with Crippen molar-refractivity contribution in [2.24, 2.45) is 5.92 Å². The van der Waals surface area contributed by atoms with E-state index in [1.54, 1.807) is 19.9 Å². The maximum atomic E-state index is 12.4. The number of allylic oxidation sites excluding steroid dienone is 8. The normalized spacial score (nSPS) is 12.4. The van der Waals surface area contributed by atoms with E-state index in [2.05, 4.69) is 26.3 Å². The van der Waals surface area contributed by atoms with Gasteiger partial charge in [-0.25, -0.2) is 0 Å². The third-order valence-electron chi connectivity index (χ3n) is 2.47. The Morgan fingerprint density at radius 2 is 1.39 bits per heavy atom.